The molecule has 0 aromatic carbocycles. The molecule has 0 radical (unpaired) electrons. The van der Waals surface area contributed by atoms with Gasteiger partial charge in [-0.25, -0.2) is 4.68 Å². The molecule has 1 atom stereocenters. The lowest BCUT2D eigenvalue weighted by Crippen LogP contribution is -2.23. The number of nitro groups is 1. The van der Waals surface area contributed by atoms with Crippen molar-refractivity contribution in [2.75, 3.05) is 11.9 Å². The van der Waals surface area contributed by atoms with Crippen molar-refractivity contribution in [1.29, 1.82) is 0 Å². The number of carboxylic acid groups (broad SMARTS) is 1. The second-order valence-corrected chi connectivity index (χ2v) is 4.59. The van der Waals surface area contributed by atoms with Crippen LogP contribution in [0.1, 0.15) is 32.4 Å². The standard InChI is InChI=1S/C12H20N4O4/c1-4-6-15-11(10(16(19)20)8(3)14-15)13-7-9(5-2)12(17)18/h9,13H,4-7H2,1-3H3,(H,17,18). The normalized spacial score (nSPS) is 12.2. The molecule has 1 heterocycles. The average Bonchev–Trinajstić information content (AvgIpc) is 2.66. The fraction of sp³-hybridized carbons (Fsp3) is 0.667. The molecule has 0 bridgehead atoms. The molecular weight excluding hydrogens is 264 g/mol. The van der Waals surface area contributed by atoms with Gasteiger partial charge in [-0.1, -0.05) is 13.8 Å². The molecule has 0 aliphatic heterocycles. The van der Waals surface area contributed by atoms with Crippen LogP contribution >= 0.6 is 0 Å². The fourth-order valence-corrected chi connectivity index (χ4v) is 1.97. The van der Waals surface area contributed by atoms with Crippen LogP contribution in [-0.2, 0) is 11.3 Å². The van der Waals surface area contributed by atoms with Gasteiger partial charge in [0.15, 0.2) is 0 Å². The van der Waals surface area contributed by atoms with Crippen molar-refractivity contribution in [3.05, 3.63) is 15.8 Å². The van der Waals surface area contributed by atoms with E-state index in [9.17, 15) is 14.9 Å². The minimum Gasteiger partial charge on any atom is -0.481 e. The predicted molar refractivity (Wildman–Crippen MR) is 73.8 cm³/mol. The van der Waals surface area contributed by atoms with Gasteiger partial charge in [-0.15, -0.1) is 0 Å². The van der Waals surface area contributed by atoms with Gasteiger partial charge in [0.1, 0.15) is 5.69 Å². The van der Waals surface area contributed by atoms with Crippen LogP contribution in [0.4, 0.5) is 11.5 Å². The first-order chi connectivity index (χ1) is 9.42. The minimum absolute atomic E-state index is 0.0845. The van der Waals surface area contributed by atoms with Gasteiger partial charge in [-0.2, -0.15) is 5.10 Å². The third-order valence-electron chi connectivity index (χ3n) is 3.07. The molecule has 1 aromatic rings. The summed E-state index contributed by atoms with van der Waals surface area (Å²) in [7, 11) is 0. The van der Waals surface area contributed by atoms with Crippen LogP contribution in [0.25, 0.3) is 0 Å². The third-order valence-corrected chi connectivity index (χ3v) is 3.07. The van der Waals surface area contributed by atoms with Crippen LogP contribution < -0.4 is 5.32 Å². The first-order valence-corrected chi connectivity index (χ1v) is 6.60. The van der Waals surface area contributed by atoms with Crippen LogP contribution in [0.2, 0.25) is 0 Å². The summed E-state index contributed by atoms with van der Waals surface area (Å²) >= 11 is 0. The van der Waals surface area contributed by atoms with Crippen molar-refractivity contribution in [3.63, 3.8) is 0 Å². The van der Waals surface area contributed by atoms with E-state index in [4.69, 9.17) is 5.11 Å². The maximum absolute atomic E-state index is 11.1. The molecule has 8 nitrogen and oxygen atoms in total. The number of nitrogens with zero attached hydrogens (tertiary/aromatic N) is 3. The molecule has 0 spiro atoms. The Bertz CT molecular complexity index is 498. The number of anilines is 1. The highest BCUT2D eigenvalue weighted by atomic mass is 16.6. The first-order valence-electron chi connectivity index (χ1n) is 6.60. The molecule has 0 fully saturated rings. The van der Waals surface area contributed by atoms with Crippen LogP contribution in [0.5, 0.6) is 0 Å². The van der Waals surface area contributed by atoms with Crippen LogP contribution in [0, 0.1) is 23.0 Å². The summed E-state index contributed by atoms with van der Waals surface area (Å²) in [6.07, 6.45) is 1.24. The van der Waals surface area contributed by atoms with E-state index in [1.807, 2.05) is 6.92 Å². The summed E-state index contributed by atoms with van der Waals surface area (Å²) in [5.74, 6) is -1.21. The Morgan fingerprint density at radius 1 is 1.55 bits per heavy atom. The second-order valence-electron chi connectivity index (χ2n) is 4.59. The third kappa shape index (κ3) is 3.46. The van der Waals surface area contributed by atoms with E-state index in [1.54, 1.807) is 13.8 Å². The molecule has 0 aliphatic rings. The number of carbonyl (C=O) groups is 1. The molecule has 0 aliphatic carbocycles. The molecule has 2 N–H and O–H groups in total. The SMILES string of the molecule is CCCn1nc(C)c([N+](=O)[O-])c1NCC(CC)C(=O)O. The Hall–Kier alpha value is -2.12. The molecule has 1 rings (SSSR count). The summed E-state index contributed by atoms with van der Waals surface area (Å²) in [6, 6.07) is 0. The van der Waals surface area contributed by atoms with Crippen molar-refractivity contribution in [1.82, 2.24) is 9.78 Å². The molecule has 0 saturated heterocycles. The number of carboxylic acids is 1. The number of hydrogen-bond acceptors (Lipinski definition) is 5. The molecular formula is C12H20N4O4. The zero-order chi connectivity index (χ0) is 15.3. The van der Waals surface area contributed by atoms with Gasteiger partial charge in [0.2, 0.25) is 5.82 Å². The summed E-state index contributed by atoms with van der Waals surface area (Å²) in [6.45, 7) is 5.97. The van der Waals surface area contributed by atoms with E-state index in [0.717, 1.165) is 6.42 Å². The highest BCUT2D eigenvalue weighted by molar-refractivity contribution is 5.71. The Morgan fingerprint density at radius 3 is 2.65 bits per heavy atom. The van der Waals surface area contributed by atoms with E-state index >= 15 is 0 Å². The quantitative estimate of drug-likeness (QED) is 0.558. The van der Waals surface area contributed by atoms with E-state index in [0.29, 0.717) is 18.7 Å². The van der Waals surface area contributed by atoms with Gasteiger partial charge < -0.3 is 10.4 Å². The molecule has 1 unspecified atom stereocenters. The minimum atomic E-state index is -0.916. The summed E-state index contributed by atoms with van der Waals surface area (Å²) in [4.78, 5) is 21.6. The molecule has 20 heavy (non-hydrogen) atoms. The lowest BCUT2D eigenvalue weighted by atomic mass is 10.1. The number of hydrogen-bond donors (Lipinski definition) is 2. The zero-order valence-corrected chi connectivity index (χ0v) is 11.9. The van der Waals surface area contributed by atoms with E-state index < -0.39 is 16.8 Å². The molecule has 8 heteroatoms. The van der Waals surface area contributed by atoms with Gasteiger partial charge in [0.05, 0.1) is 10.8 Å². The lowest BCUT2D eigenvalue weighted by molar-refractivity contribution is -0.384. The largest absolute Gasteiger partial charge is 0.481 e. The average molecular weight is 284 g/mol. The predicted octanol–water partition coefficient (Wildman–Crippen LogP) is 2.03. The van der Waals surface area contributed by atoms with Crippen molar-refractivity contribution in [2.45, 2.75) is 40.2 Å². The van der Waals surface area contributed by atoms with Gasteiger partial charge in [0, 0.05) is 13.1 Å². The fourth-order valence-electron chi connectivity index (χ4n) is 1.97. The highest BCUT2D eigenvalue weighted by Gasteiger charge is 2.26. The second kappa shape index (κ2) is 6.88. The van der Waals surface area contributed by atoms with Crippen LogP contribution in [0.15, 0.2) is 0 Å². The number of aliphatic carboxylic acids is 1. The maximum atomic E-state index is 11.1. The zero-order valence-electron chi connectivity index (χ0n) is 11.9. The first kappa shape index (κ1) is 15.9. The molecule has 0 amide bonds. The van der Waals surface area contributed by atoms with Crippen LogP contribution in [-0.4, -0.2) is 32.3 Å². The van der Waals surface area contributed by atoms with Gasteiger partial charge in [-0.05, 0) is 19.8 Å². The van der Waals surface area contributed by atoms with E-state index in [1.165, 1.54) is 4.68 Å². The summed E-state index contributed by atoms with van der Waals surface area (Å²) < 4.78 is 1.53. The lowest BCUT2D eigenvalue weighted by Gasteiger charge is -2.12. The Labute approximate surface area is 116 Å². The van der Waals surface area contributed by atoms with Gasteiger partial charge >= 0.3 is 11.7 Å². The van der Waals surface area contributed by atoms with Gasteiger partial charge in [-0.3, -0.25) is 14.9 Å². The van der Waals surface area contributed by atoms with Crippen molar-refractivity contribution in [2.24, 2.45) is 5.92 Å². The highest BCUT2D eigenvalue weighted by Crippen LogP contribution is 2.28. The van der Waals surface area contributed by atoms with Crippen molar-refractivity contribution < 1.29 is 14.8 Å². The maximum Gasteiger partial charge on any atom is 0.333 e. The van der Waals surface area contributed by atoms with Crippen LogP contribution in [0.3, 0.4) is 0 Å². The van der Waals surface area contributed by atoms with Gasteiger partial charge in [0.25, 0.3) is 0 Å². The topological polar surface area (TPSA) is 110 Å². The number of aryl methyl sites for hydroxylation is 2. The Balaban J connectivity index is 3.01. The molecule has 0 saturated carbocycles. The monoisotopic (exact) mass is 284 g/mol. The molecule has 112 valence electrons. The summed E-state index contributed by atoms with van der Waals surface area (Å²) in [5.41, 5.74) is 0.244. The summed E-state index contributed by atoms with van der Waals surface area (Å²) in [5, 5.41) is 27.1. The van der Waals surface area contributed by atoms with Crippen molar-refractivity contribution in [3.8, 4) is 0 Å². The smallest absolute Gasteiger partial charge is 0.333 e. The van der Waals surface area contributed by atoms with Crippen molar-refractivity contribution >= 4 is 17.5 Å². The Morgan fingerprint density at radius 2 is 2.20 bits per heavy atom. The number of rotatable bonds is 8. The number of aromatic nitrogens is 2. The van der Waals surface area contributed by atoms with E-state index in [-0.39, 0.29) is 18.1 Å². The van der Waals surface area contributed by atoms with E-state index in [2.05, 4.69) is 10.4 Å². The number of nitrogens with one attached hydrogen (secondary N) is 1. The molecule has 1 aromatic heterocycles. The Kier molecular flexibility index (Phi) is 5.48.